The van der Waals surface area contributed by atoms with Gasteiger partial charge in [-0.15, -0.1) is 0 Å². The molecule has 1 aliphatic rings. The van der Waals surface area contributed by atoms with Gasteiger partial charge in [0.2, 0.25) is 10.0 Å². The molecule has 1 rings (SSSR count). The number of nitrogens with zero attached hydrogens (tertiary/aromatic N) is 1. The summed E-state index contributed by atoms with van der Waals surface area (Å²) in [6.45, 7) is 8.26. The van der Waals surface area contributed by atoms with Gasteiger partial charge in [0.1, 0.15) is 0 Å². The average Bonchev–Trinajstić information content (AvgIpc) is 3.20. The first kappa shape index (κ1) is 17.2. The summed E-state index contributed by atoms with van der Waals surface area (Å²) in [5.74, 6) is 0.546. The van der Waals surface area contributed by atoms with Gasteiger partial charge in [-0.05, 0) is 57.7 Å². The molecule has 116 valence electrons. The molecule has 0 radical (unpaired) electrons. The highest BCUT2D eigenvalue weighted by atomic mass is 32.2. The van der Waals surface area contributed by atoms with Crippen LogP contribution in [0.4, 0.5) is 0 Å². The van der Waals surface area contributed by atoms with E-state index in [0.29, 0.717) is 12.5 Å². The normalized spacial score (nSPS) is 17.4. The highest BCUT2D eigenvalue weighted by Gasteiger charge is 2.31. The molecule has 0 aromatic carbocycles. The van der Waals surface area contributed by atoms with Gasteiger partial charge < -0.3 is 5.32 Å². The van der Waals surface area contributed by atoms with Crippen LogP contribution in [0, 0.1) is 5.92 Å². The minimum Gasteiger partial charge on any atom is -0.317 e. The second kappa shape index (κ2) is 7.84. The maximum Gasteiger partial charge on any atom is 0.232 e. The Balaban J connectivity index is 2.85. The maximum absolute atomic E-state index is 12.1. The number of rotatable bonds is 9. The number of nitrogens with one attached hydrogen (secondary N) is 1. The van der Waals surface area contributed by atoms with Crippen LogP contribution < -0.4 is 5.32 Å². The van der Waals surface area contributed by atoms with Crippen molar-refractivity contribution in [3.8, 4) is 0 Å². The van der Waals surface area contributed by atoms with Crippen LogP contribution >= 0.6 is 0 Å². The van der Waals surface area contributed by atoms with Crippen molar-refractivity contribution in [3.05, 3.63) is 23.4 Å². The molecule has 4 nitrogen and oxygen atoms in total. The molecular formula is C15H28N2O2S. The van der Waals surface area contributed by atoms with E-state index in [1.165, 1.54) is 24.7 Å². The smallest absolute Gasteiger partial charge is 0.232 e. The average molecular weight is 300 g/mol. The summed E-state index contributed by atoms with van der Waals surface area (Å²) in [6, 6.07) is 0. The Hall–Kier alpha value is -0.810. The van der Waals surface area contributed by atoms with Crippen LogP contribution in [0.2, 0.25) is 0 Å². The number of allylic oxidation sites excluding steroid dienone is 3. The van der Waals surface area contributed by atoms with E-state index in [1.807, 2.05) is 19.9 Å². The van der Waals surface area contributed by atoms with Crippen molar-refractivity contribution in [2.45, 2.75) is 40.0 Å². The third-order valence-corrected chi connectivity index (χ3v) is 4.71. The van der Waals surface area contributed by atoms with E-state index in [1.54, 1.807) is 4.31 Å². The molecule has 0 unspecified atom stereocenters. The largest absolute Gasteiger partial charge is 0.317 e. The molecule has 0 spiro atoms. The van der Waals surface area contributed by atoms with Crippen LogP contribution in [0.3, 0.4) is 0 Å². The summed E-state index contributed by atoms with van der Waals surface area (Å²) in [5, 5.41) is 3.23. The van der Waals surface area contributed by atoms with Crippen LogP contribution in [0.25, 0.3) is 0 Å². The van der Waals surface area contributed by atoms with Crippen molar-refractivity contribution >= 4 is 10.0 Å². The zero-order valence-electron chi connectivity index (χ0n) is 13.1. The van der Waals surface area contributed by atoms with Crippen molar-refractivity contribution in [2.24, 2.45) is 5.92 Å². The Bertz CT molecular complexity index is 462. The Morgan fingerprint density at radius 1 is 1.30 bits per heavy atom. The van der Waals surface area contributed by atoms with Crippen LogP contribution in [-0.2, 0) is 10.0 Å². The summed E-state index contributed by atoms with van der Waals surface area (Å²) in [7, 11) is -3.23. The van der Waals surface area contributed by atoms with Crippen molar-refractivity contribution in [1.82, 2.24) is 9.62 Å². The quantitative estimate of drug-likeness (QED) is 0.526. The van der Waals surface area contributed by atoms with E-state index >= 15 is 0 Å². The zero-order chi connectivity index (χ0) is 15.2. The van der Waals surface area contributed by atoms with Crippen LogP contribution in [0.5, 0.6) is 0 Å². The Kier molecular flexibility index (Phi) is 6.76. The van der Waals surface area contributed by atoms with Crippen LogP contribution in [0.15, 0.2) is 23.4 Å². The highest BCUT2D eigenvalue weighted by molar-refractivity contribution is 7.88. The molecule has 0 heterocycles. The molecule has 20 heavy (non-hydrogen) atoms. The van der Waals surface area contributed by atoms with E-state index in [-0.39, 0.29) is 0 Å². The molecule has 0 aromatic rings. The summed E-state index contributed by atoms with van der Waals surface area (Å²) in [4.78, 5) is 0. The van der Waals surface area contributed by atoms with E-state index < -0.39 is 10.0 Å². The molecule has 0 aliphatic heterocycles. The molecule has 5 heteroatoms. The van der Waals surface area contributed by atoms with Gasteiger partial charge in [0, 0.05) is 6.54 Å². The lowest BCUT2D eigenvalue weighted by molar-refractivity contribution is 0.465. The van der Waals surface area contributed by atoms with E-state index in [9.17, 15) is 8.42 Å². The fourth-order valence-corrected chi connectivity index (χ4v) is 3.46. The lowest BCUT2D eigenvalue weighted by Crippen LogP contribution is -2.33. The summed E-state index contributed by atoms with van der Waals surface area (Å²) in [6.07, 6.45) is 8.46. The minimum absolute atomic E-state index is 0.537. The molecule has 0 aromatic heterocycles. The van der Waals surface area contributed by atoms with Gasteiger partial charge >= 0.3 is 0 Å². The predicted octanol–water partition coefficient (Wildman–Crippen LogP) is 2.51. The highest BCUT2D eigenvalue weighted by Crippen LogP contribution is 2.41. The molecule has 0 amide bonds. The molecule has 0 saturated heterocycles. The van der Waals surface area contributed by atoms with Gasteiger partial charge in [-0.1, -0.05) is 19.1 Å². The third kappa shape index (κ3) is 4.94. The van der Waals surface area contributed by atoms with E-state index in [2.05, 4.69) is 18.3 Å². The molecule has 1 N–H and O–H groups in total. The standard InChI is InChI=1S/C15H28N2O2S/c1-5-14(13-9-10-13)15(6-2)17(20(4,18)19)12-8-11-16-7-3/h5-6,13,16H,7-12H2,1-4H3. The molecule has 0 bridgehead atoms. The number of hydrogen-bond donors (Lipinski definition) is 1. The molecule has 0 atom stereocenters. The lowest BCUT2D eigenvalue weighted by atomic mass is 10.1. The van der Waals surface area contributed by atoms with Crippen molar-refractivity contribution in [3.63, 3.8) is 0 Å². The third-order valence-electron chi connectivity index (χ3n) is 3.53. The maximum atomic E-state index is 12.1. The first-order valence-corrected chi connectivity index (χ1v) is 9.31. The SMILES string of the molecule is CC=C(C(=CC)N(CCCNCC)S(C)(=O)=O)C1CC1. The molecule has 1 fully saturated rings. The molecule has 1 saturated carbocycles. The van der Waals surface area contributed by atoms with Gasteiger partial charge in [-0.25, -0.2) is 8.42 Å². The summed E-state index contributed by atoms with van der Waals surface area (Å²) < 4.78 is 25.8. The van der Waals surface area contributed by atoms with Crippen molar-refractivity contribution in [1.29, 1.82) is 0 Å². The Morgan fingerprint density at radius 3 is 2.35 bits per heavy atom. The van der Waals surface area contributed by atoms with Crippen molar-refractivity contribution < 1.29 is 8.42 Å². The topological polar surface area (TPSA) is 49.4 Å². The first-order chi connectivity index (χ1) is 9.45. The van der Waals surface area contributed by atoms with Gasteiger partial charge in [0.25, 0.3) is 0 Å². The lowest BCUT2D eigenvalue weighted by Gasteiger charge is -2.27. The summed E-state index contributed by atoms with van der Waals surface area (Å²) >= 11 is 0. The van der Waals surface area contributed by atoms with Gasteiger partial charge in [0.15, 0.2) is 0 Å². The fraction of sp³-hybridized carbons (Fsp3) is 0.733. The Labute approximate surface area is 124 Å². The van der Waals surface area contributed by atoms with Crippen molar-refractivity contribution in [2.75, 3.05) is 25.9 Å². The van der Waals surface area contributed by atoms with E-state index in [0.717, 1.165) is 25.2 Å². The second-order valence-corrected chi connectivity index (χ2v) is 7.14. The van der Waals surface area contributed by atoms with Gasteiger partial charge in [0.05, 0.1) is 12.0 Å². The zero-order valence-corrected chi connectivity index (χ0v) is 14.0. The molecule has 1 aliphatic carbocycles. The molecular weight excluding hydrogens is 272 g/mol. The van der Waals surface area contributed by atoms with Gasteiger partial charge in [-0.3, -0.25) is 4.31 Å². The fourth-order valence-electron chi connectivity index (χ4n) is 2.43. The first-order valence-electron chi connectivity index (χ1n) is 7.47. The predicted molar refractivity (Wildman–Crippen MR) is 84.9 cm³/mol. The second-order valence-electron chi connectivity index (χ2n) is 5.23. The van der Waals surface area contributed by atoms with Gasteiger partial charge in [-0.2, -0.15) is 0 Å². The van der Waals surface area contributed by atoms with Crippen LogP contribution in [0.1, 0.15) is 40.0 Å². The minimum atomic E-state index is -3.23. The Morgan fingerprint density at radius 2 is 1.95 bits per heavy atom. The summed E-state index contributed by atoms with van der Waals surface area (Å²) in [5.41, 5.74) is 2.05. The van der Waals surface area contributed by atoms with Crippen LogP contribution in [-0.4, -0.2) is 38.6 Å². The monoisotopic (exact) mass is 300 g/mol. The van der Waals surface area contributed by atoms with E-state index in [4.69, 9.17) is 0 Å². The number of hydrogen-bond acceptors (Lipinski definition) is 3. The number of sulfonamides is 1.